The number of carbonyl (C=O) groups excluding carboxylic acids is 2. The molecule has 0 radical (unpaired) electrons. The summed E-state index contributed by atoms with van der Waals surface area (Å²) in [4.78, 5) is 22.6. The highest BCUT2D eigenvalue weighted by atomic mass is 16.2. The maximum Gasteiger partial charge on any atom is 0.249 e. The van der Waals surface area contributed by atoms with E-state index in [4.69, 9.17) is 0 Å². The second kappa shape index (κ2) is 10.0. The highest BCUT2D eigenvalue weighted by Gasteiger charge is 2.26. The minimum Gasteiger partial charge on any atom is -0.374 e. The van der Waals surface area contributed by atoms with Gasteiger partial charge in [0.2, 0.25) is 11.8 Å². The molecule has 1 atom stereocenters. The van der Waals surface area contributed by atoms with E-state index in [1.807, 2.05) is 19.9 Å². The minimum atomic E-state index is -0.341. The largest absolute Gasteiger partial charge is 0.374 e. The molecular weight excluding hydrogens is 252 g/mol. The molecule has 0 aromatic carbocycles. The van der Waals surface area contributed by atoms with Gasteiger partial charge in [0.25, 0.3) is 0 Å². The fraction of sp³-hybridized carbons (Fsp3) is 0.500. The van der Waals surface area contributed by atoms with E-state index in [9.17, 15) is 9.59 Å². The van der Waals surface area contributed by atoms with E-state index < -0.39 is 0 Å². The first-order valence-electron chi connectivity index (χ1n) is 7.03. The van der Waals surface area contributed by atoms with Crippen LogP contribution in [0, 0.1) is 0 Å². The molecule has 0 bridgehead atoms. The molecule has 1 unspecified atom stereocenters. The highest BCUT2D eigenvalue weighted by Crippen LogP contribution is 2.09. The summed E-state index contributed by atoms with van der Waals surface area (Å²) in [5.74, 6) is -0.458. The summed E-state index contributed by atoms with van der Waals surface area (Å²) in [6, 6.07) is -0.341. The van der Waals surface area contributed by atoms with Crippen LogP contribution in [-0.4, -0.2) is 17.9 Å². The van der Waals surface area contributed by atoms with Crippen LogP contribution < -0.4 is 10.6 Å². The van der Waals surface area contributed by atoms with E-state index in [1.165, 1.54) is 6.42 Å². The fourth-order valence-electron chi connectivity index (χ4n) is 1.54. The lowest BCUT2D eigenvalue weighted by atomic mass is 10.1. The van der Waals surface area contributed by atoms with Gasteiger partial charge >= 0.3 is 0 Å². The first kappa shape index (κ1) is 18.2. The Kier molecular flexibility index (Phi) is 9.09. The van der Waals surface area contributed by atoms with Crippen LogP contribution in [0.5, 0.6) is 0 Å². The number of amides is 2. The minimum absolute atomic E-state index is 0.201. The average Bonchev–Trinajstić information content (AvgIpc) is 2.37. The van der Waals surface area contributed by atoms with Crippen LogP contribution >= 0.6 is 0 Å². The molecule has 1 fully saturated rings. The Morgan fingerprint density at radius 2 is 2.00 bits per heavy atom. The standard InChI is InChI=1S/C13H18N2O2.C3H8/c1-4-5-6-10(9(2)3)14-11-7-8-12(16)15-13(11)17;1-3-2/h4-6,11,14H,1,7-8H2,2-3H3,(H,15,16,17);3H2,1-2H3/b6-5-;. The van der Waals surface area contributed by atoms with Crippen molar-refractivity contribution in [1.82, 2.24) is 10.6 Å². The lowest BCUT2D eigenvalue weighted by Gasteiger charge is -2.23. The van der Waals surface area contributed by atoms with Crippen molar-refractivity contribution in [3.05, 3.63) is 36.1 Å². The Morgan fingerprint density at radius 3 is 2.45 bits per heavy atom. The second-order valence-corrected chi connectivity index (χ2v) is 4.86. The number of nitrogens with one attached hydrogen (secondary N) is 2. The summed E-state index contributed by atoms with van der Waals surface area (Å²) in [6.45, 7) is 11.8. The second-order valence-electron chi connectivity index (χ2n) is 4.86. The van der Waals surface area contributed by atoms with E-state index in [0.29, 0.717) is 12.8 Å². The molecule has 0 aromatic rings. The Hall–Kier alpha value is -1.84. The SMILES string of the molecule is C=C/C=C\C(NC1CCC(=O)NC1=O)=C(C)C.CCC. The lowest BCUT2D eigenvalue weighted by Crippen LogP contribution is -2.50. The van der Waals surface area contributed by atoms with Gasteiger partial charge in [-0.1, -0.05) is 44.6 Å². The highest BCUT2D eigenvalue weighted by molar-refractivity contribution is 6.00. The van der Waals surface area contributed by atoms with E-state index >= 15 is 0 Å². The number of hydrogen-bond acceptors (Lipinski definition) is 3. The number of rotatable bonds is 4. The summed E-state index contributed by atoms with van der Waals surface area (Å²) >= 11 is 0. The Labute approximate surface area is 122 Å². The van der Waals surface area contributed by atoms with Crippen molar-refractivity contribution in [3.63, 3.8) is 0 Å². The molecule has 1 heterocycles. The normalized spacial score (nSPS) is 17.9. The Bertz CT molecular complexity index is 405. The van der Waals surface area contributed by atoms with Crippen molar-refractivity contribution >= 4 is 11.8 Å². The van der Waals surface area contributed by atoms with Crippen LogP contribution in [0.4, 0.5) is 0 Å². The van der Waals surface area contributed by atoms with E-state index in [-0.39, 0.29) is 17.9 Å². The summed E-state index contributed by atoms with van der Waals surface area (Å²) < 4.78 is 0. The van der Waals surface area contributed by atoms with Crippen LogP contribution in [0.25, 0.3) is 0 Å². The molecule has 0 saturated carbocycles. The molecule has 1 rings (SSSR count). The van der Waals surface area contributed by atoms with Crippen molar-refractivity contribution in [2.45, 2.75) is 53.0 Å². The van der Waals surface area contributed by atoms with Crippen molar-refractivity contribution < 1.29 is 9.59 Å². The van der Waals surface area contributed by atoms with Crippen molar-refractivity contribution in [2.75, 3.05) is 0 Å². The van der Waals surface area contributed by atoms with Crippen LogP contribution in [0.15, 0.2) is 36.1 Å². The fourth-order valence-corrected chi connectivity index (χ4v) is 1.54. The third-order valence-electron chi connectivity index (χ3n) is 2.51. The van der Waals surface area contributed by atoms with E-state index in [0.717, 1.165) is 11.3 Å². The smallest absolute Gasteiger partial charge is 0.249 e. The van der Waals surface area contributed by atoms with Crippen LogP contribution in [-0.2, 0) is 9.59 Å². The molecule has 1 saturated heterocycles. The molecule has 4 heteroatoms. The van der Waals surface area contributed by atoms with Gasteiger partial charge in [0.05, 0.1) is 0 Å². The van der Waals surface area contributed by atoms with Gasteiger partial charge in [-0.05, 0) is 26.3 Å². The van der Waals surface area contributed by atoms with Gasteiger partial charge in [0.1, 0.15) is 6.04 Å². The van der Waals surface area contributed by atoms with Crippen molar-refractivity contribution in [3.8, 4) is 0 Å². The number of imide groups is 1. The maximum atomic E-state index is 11.6. The maximum absolute atomic E-state index is 11.6. The summed E-state index contributed by atoms with van der Waals surface area (Å²) in [6.07, 6.45) is 7.51. The lowest BCUT2D eigenvalue weighted by molar-refractivity contribution is -0.134. The van der Waals surface area contributed by atoms with Crippen LogP contribution in [0.2, 0.25) is 0 Å². The van der Waals surface area contributed by atoms with Crippen LogP contribution in [0.3, 0.4) is 0 Å². The predicted octanol–water partition coefficient (Wildman–Crippen LogP) is 2.83. The molecule has 1 aliphatic rings. The van der Waals surface area contributed by atoms with Gasteiger partial charge in [0.15, 0.2) is 0 Å². The zero-order valence-corrected chi connectivity index (χ0v) is 13.0. The molecule has 2 N–H and O–H groups in total. The Balaban J connectivity index is 0.00000110. The summed E-state index contributed by atoms with van der Waals surface area (Å²) in [5, 5.41) is 5.46. The van der Waals surface area contributed by atoms with Crippen molar-refractivity contribution in [1.29, 1.82) is 0 Å². The van der Waals surface area contributed by atoms with Crippen LogP contribution in [0.1, 0.15) is 47.0 Å². The molecule has 0 spiro atoms. The topological polar surface area (TPSA) is 58.2 Å². The van der Waals surface area contributed by atoms with E-state index in [1.54, 1.807) is 12.2 Å². The molecule has 4 nitrogen and oxygen atoms in total. The monoisotopic (exact) mass is 278 g/mol. The van der Waals surface area contributed by atoms with Crippen molar-refractivity contribution in [2.24, 2.45) is 0 Å². The molecule has 2 amide bonds. The third kappa shape index (κ3) is 6.92. The zero-order chi connectivity index (χ0) is 15.5. The number of carbonyl (C=O) groups is 2. The third-order valence-corrected chi connectivity index (χ3v) is 2.51. The average molecular weight is 278 g/mol. The molecule has 112 valence electrons. The van der Waals surface area contributed by atoms with Gasteiger partial charge < -0.3 is 5.32 Å². The summed E-state index contributed by atoms with van der Waals surface area (Å²) in [7, 11) is 0. The number of piperidine rings is 1. The van der Waals surface area contributed by atoms with Gasteiger partial charge in [0, 0.05) is 12.1 Å². The first-order chi connectivity index (χ1) is 9.46. The Morgan fingerprint density at radius 1 is 1.40 bits per heavy atom. The molecule has 20 heavy (non-hydrogen) atoms. The van der Waals surface area contributed by atoms with Gasteiger partial charge in [-0.2, -0.15) is 0 Å². The van der Waals surface area contributed by atoms with Gasteiger partial charge in [-0.25, -0.2) is 0 Å². The molecule has 0 aromatic heterocycles. The summed E-state index contributed by atoms with van der Waals surface area (Å²) in [5.41, 5.74) is 1.96. The number of allylic oxidation sites excluding steroid dienone is 4. The first-order valence-corrected chi connectivity index (χ1v) is 7.03. The predicted molar refractivity (Wildman–Crippen MR) is 83.0 cm³/mol. The van der Waals surface area contributed by atoms with E-state index in [2.05, 4.69) is 31.1 Å². The number of hydrogen-bond donors (Lipinski definition) is 2. The van der Waals surface area contributed by atoms with Gasteiger partial charge in [-0.3, -0.25) is 14.9 Å². The zero-order valence-electron chi connectivity index (χ0n) is 13.0. The molecule has 1 aliphatic heterocycles. The molecular formula is C16H26N2O2. The molecule has 0 aliphatic carbocycles. The van der Waals surface area contributed by atoms with Gasteiger partial charge in [-0.15, -0.1) is 0 Å². The quantitative estimate of drug-likeness (QED) is 0.614.